The van der Waals surface area contributed by atoms with Crippen LogP contribution in [-0.4, -0.2) is 12.4 Å². The second kappa shape index (κ2) is 5.95. The average Bonchev–Trinajstić information content (AvgIpc) is 2.77. The summed E-state index contributed by atoms with van der Waals surface area (Å²) < 4.78 is 19.6. The molecule has 0 aliphatic carbocycles. The Labute approximate surface area is 124 Å². The molecule has 1 heterocycles. The Hall–Kier alpha value is -0.720. The van der Waals surface area contributed by atoms with Crippen molar-refractivity contribution in [1.82, 2.24) is 0 Å². The number of carbonyl (C=O) groups excluding carboxylic acids is 1. The zero-order valence-corrected chi connectivity index (χ0v) is 12.9. The highest BCUT2D eigenvalue weighted by Gasteiger charge is 2.12. The molecule has 1 aromatic heterocycles. The Balaban J connectivity index is 2.02. The largest absolute Gasteiger partial charge is 0.485 e. The third-order valence-electron chi connectivity index (χ3n) is 2.13. The molecule has 2 nitrogen and oxygen atoms in total. The number of ketones is 1. The normalized spacial score (nSPS) is 10.4. The first-order valence-electron chi connectivity index (χ1n) is 4.92. The van der Waals surface area contributed by atoms with Crippen molar-refractivity contribution >= 4 is 49.0 Å². The van der Waals surface area contributed by atoms with Crippen LogP contribution >= 0.6 is 43.2 Å². The van der Waals surface area contributed by atoms with Gasteiger partial charge in [0.2, 0.25) is 5.78 Å². The SMILES string of the molecule is O=C(COc1ccc(Br)c(F)c1)c1sccc1Br. The number of carbonyl (C=O) groups is 1. The molecule has 0 fully saturated rings. The maximum Gasteiger partial charge on any atom is 0.211 e. The summed E-state index contributed by atoms with van der Waals surface area (Å²) in [4.78, 5) is 12.4. The predicted molar refractivity (Wildman–Crippen MR) is 75.9 cm³/mol. The second-order valence-corrected chi connectivity index (χ2v) is 6.01. The fraction of sp³-hybridized carbons (Fsp3) is 0.0833. The molecular formula is C12H7Br2FO2S. The molecule has 0 aliphatic rings. The third kappa shape index (κ3) is 3.18. The van der Waals surface area contributed by atoms with Gasteiger partial charge in [-0.05, 0) is 55.4 Å². The number of halogens is 3. The molecule has 2 rings (SSSR count). The van der Waals surface area contributed by atoms with Gasteiger partial charge in [-0.25, -0.2) is 4.39 Å². The van der Waals surface area contributed by atoms with Gasteiger partial charge in [-0.15, -0.1) is 11.3 Å². The van der Waals surface area contributed by atoms with Gasteiger partial charge in [0.05, 0.1) is 9.35 Å². The first-order valence-corrected chi connectivity index (χ1v) is 7.38. The van der Waals surface area contributed by atoms with Gasteiger partial charge in [0, 0.05) is 10.5 Å². The molecule has 1 aromatic carbocycles. The minimum absolute atomic E-state index is 0.111. The van der Waals surface area contributed by atoms with Crippen LogP contribution in [0.25, 0.3) is 0 Å². The highest BCUT2D eigenvalue weighted by molar-refractivity contribution is 9.10. The summed E-state index contributed by atoms with van der Waals surface area (Å²) in [6.07, 6.45) is 0. The number of rotatable bonds is 4. The molecule has 2 aromatic rings. The zero-order chi connectivity index (χ0) is 13.1. The molecule has 0 N–H and O–H groups in total. The van der Waals surface area contributed by atoms with Crippen molar-refractivity contribution in [1.29, 1.82) is 0 Å². The molecule has 0 saturated carbocycles. The first-order chi connectivity index (χ1) is 8.58. The molecule has 0 aliphatic heterocycles. The molecule has 6 heteroatoms. The second-order valence-electron chi connectivity index (χ2n) is 3.39. The standard InChI is InChI=1S/C12H7Br2FO2S/c13-8-2-1-7(5-10(8)15)17-6-11(16)12-9(14)3-4-18-12/h1-5H,6H2. The van der Waals surface area contributed by atoms with Crippen LogP contribution in [0.3, 0.4) is 0 Å². The van der Waals surface area contributed by atoms with Crippen molar-refractivity contribution in [3.05, 3.63) is 49.3 Å². The number of Topliss-reactive ketones (excluding diaryl/α,β-unsaturated/α-hetero) is 1. The minimum atomic E-state index is -0.419. The van der Waals surface area contributed by atoms with Crippen LogP contribution in [0.4, 0.5) is 4.39 Å². The molecule has 0 spiro atoms. The number of hydrogen-bond donors (Lipinski definition) is 0. The highest BCUT2D eigenvalue weighted by atomic mass is 79.9. The first kappa shape index (κ1) is 13.7. The molecule has 0 bridgehead atoms. The highest BCUT2D eigenvalue weighted by Crippen LogP contribution is 2.24. The lowest BCUT2D eigenvalue weighted by molar-refractivity contribution is 0.0924. The minimum Gasteiger partial charge on any atom is -0.485 e. The van der Waals surface area contributed by atoms with Crippen molar-refractivity contribution in [3.8, 4) is 5.75 Å². The summed E-state index contributed by atoms with van der Waals surface area (Å²) >= 11 is 7.67. The van der Waals surface area contributed by atoms with Gasteiger partial charge in [-0.3, -0.25) is 4.79 Å². The van der Waals surface area contributed by atoms with Gasteiger partial charge in [0.25, 0.3) is 0 Å². The van der Waals surface area contributed by atoms with E-state index in [-0.39, 0.29) is 12.4 Å². The molecule has 0 radical (unpaired) electrons. The molecule has 0 saturated heterocycles. The predicted octanol–water partition coefficient (Wildman–Crippen LogP) is 4.67. The Morgan fingerprint density at radius 2 is 2.06 bits per heavy atom. The topological polar surface area (TPSA) is 26.3 Å². The van der Waals surface area contributed by atoms with Crippen LogP contribution in [0, 0.1) is 5.82 Å². The maximum atomic E-state index is 13.2. The lowest BCUT2D eigenvalue weighted by Gasteiger charge is -2.05. The van der Waals surface area contributed by atoms with Gasteiger partial charge >= 0.3 is 0 Å². The van der Waals surface area contributed by atoms with E-state index in [1.165, 1.54) is 23.5 Å². The smallest absolute Gasteiger partial charge is 0.211 e. The third-order valence-corrected chi connectivity index (χ3v) is 4.65. The molecular weight excluding hydrogens is 387 g/mol. The zero-order valence-electron chi connectivity index (χ0n) is 8.95. The summed E-state index contributed by atoms with van der Waals surface area (Å²) in [6, 6.07) is 6.18. The van der Waals surface area contributed by atoms with Gasteiger partial charge in [0.15, 0.2) is 6.61 Å². The lowest BCUT2D eigenvalue weighted by atomic mass is 10.3. The summed E-state index contributed by atoms with van der Waals surface area (Å²) in [5, 5.41) is 1.82. The van der Waals surface area contributed by atoms with Crippen molar-refractivity contribution in [2.45, 2.75) is 0 Å². The molecule has 0 atom stereocenters. The molecule has 94 valence electrons. The number of thiophene rings is 1. The van der Waals surface area contributed by atoms with Crippen LogP contribution in [0.1, 0.15) is 9.67 Å². The summed E-state index contributed by atoms with van der Waals surface area (Å²) in [5.74, 6) is -0.228. The summed E-state index contributed by atoms with van der Waals surface area (Å²) in [6.45, 7) is -0.111. The Morgan fingerprint density at radius 3 is 2.67 bits per heavy atom. The fourth-order valence-electron chi connectivity index (χ4n) is 1.27. The van der Waals surface area contributed by atoms with Gasteiger partial charge in [0.1, 0.15) is 11.6 Å². The fourth-order valence-corrected chi connectivity index (χ4v) is 3.04. The molecule has 0 amide bonds. The summed E-state index contributed by atoms with van der Waals surface area (Å²) in [7, 11) is 0. The van der Waals surface area contributed by atoms with Crippen molar-refractivity contribution in [2.24, 2.45) is 0 Å². The lowest BCUT2D eigenvalue weighted by Crippen LogP contribution is -2.10. The van der Waals surface area contributed by atoms with Crippen LogP contribution < -0.4 is 4.74 Å². The van der Waals surface area contributed by atoms with Crippen molar-refractivity contribution in [3.63, 3.8) is 0 Å². The van der Waals surface area contributed by atoms with E-state index in [0.29, 0.717) is 15.1 Å². The van der Waals surface area contributed by atoms with E-state index in [0.717, 1.165) is 4.47 Å². The average molecular weight is 394 g/mol. The van der Waals surface area contributed by atoms with Crippen molar-refractivity contribution in [2.75, 3.05) is 6.61 Å². The van der Waals surface area contributed by atoms with E-state index in [1.54, 1.807) is 12.1 Å². The number of hydrogen-bond acceptors (Lipinski definition) is 3. The monoisotopic (exact) mass is 392 g/mol. The van der Waals surface area contributed by atoms with Crippen LogP contribution in [-0.2, 0) is 0 Å². The summed E-state index contributed by atoms with van der Waals surface area (Å²) in [5.41, 5.74) is 0. The Morgan fingerprint density at radius 1 is 1.28 bits per heavy atom. The Bertz CT molecular complexity index is 583. The van der Waals surface area contributed by atoms with Crippen LogP contribution in [0.2, 0.25) is 0 Å². The van der Waals surface area contributed by atoms with E-state index in [9.17, 15) is 9.18 Å². The van der Waals surface area contributed by atoms with E-state index < -0.39 is 5.82 Å². The van der Waals surface area contributed by atoms with Gasteiger partial charge in [-0.1, -0.05) is 0 Å². The Kier molecular flexibility index (Phi) is 4.53. The molecule has 18 heavy (non-hydrogen) atoms. The van der Waals surface area contributed by atoms with E-state index >= 15 is 0 Å². The number of ether oxygens (including phenoxy) is 1. The van der Waals surface area contributed by atoms with Crippen LogP contribution in [0.15, 0.2) is 38.6 Å². The van der Waals surface area contributed by atoms with E-state index in [2.05, 4.69) is 31.9 Å². The van der Waals surface area contributed by atoms with Crippen LogP contribution in [0.5, 0.6) is 5.75 Å². The number of benzene rings is 1. The van der Waals surface area contributed by atoms with E-state index in [4.69, 9.17) is 4.74 Å². The molecule has 0 unspecified atom stereocenters. The van der Waals surface area contributed by atoms with Gasteiger partial charge in [-0.2, -0.15) is 0 Å². The van der Waals surface area contributed by atoms with E-state index in [1.807, 2.05) is 5.38 Å². The maximum absolute atomic E-state index is 13.2. The quantitative estimate of drug-likeness (QED) is 0.705. The van der Waals surface area contributed by atoms with Crippen molar-refractivity contribution < 1.29 is 13.9 Å². The van der Waals surface area contributed by atoms with Gasteiger partial charge < -0.3 is 4.74 Å².